The minimum absolute atomic E-state index is 0.328. The van der Waals surface area contributed by atoms with E-state index in [0.29, 0.717) is 24.1 Å². The summed E-state index contributed by atoms with van der Waals surface area (Å²) in [4.78, 5) is 4.45. The van der Waals surface area contributed by atoms with Gasteiger partial charge >= 0.3 is 0 Å². The first-order valence-corrected chi connectivity index (χ1v) is 8.90. The molecule has 1 saturated carbocycles. The highest BCUT2D eigenvalue weighted by molar-refractivity contribution is 7.98. The normalized spacial score (nSPS) is 14.2. The Hall–Kier alpha value is -2.19. The summed E-state index contributed by atoms with van der Waals surface area (Å²) >= 11 is 1.52. The second-order valence-electron chi connectivity index (χ2n) is 5.83. The van der Waals surface area contributed by atoms with Crippen molar-refractivity contribution in [3.63, 3.8) is 0 Å². The minimum Gasteiger partial charge on any atom is -0.338 e. The van der Waals surface area contributed by atoms with Crippen LogP contribution in [0.1, 0.15) is 41.9 Å². The van der Waals surface area contributed by atoms with E-state index in [1.165, 1.54) is 11.8 Å². The molecule has 3 aromatic rings. The molecule has 4 rings (SSSR count). The second kappa shape index (κ2) is 6.37. The maximum atomic E-state index is 5.83. The van der Waals surface area contributed by atoms with Crippen LogP contribution in [0.15, 0.2) is 33.9 Å². The molecule has 1 aromatic carbocycles. The molecule has 1 aliphatic carbocycles. The van der Waals surface area contributed by atoms with Crippen molar-refractivity contribution < 1.29 is 4.52 Å². The smallest absolute Gasteiger partial charge is 0.237 e. The summed E-state index contributed by atoms with van der Waals surface area (Å²) in [5.41, 5.74) is 8.01. The maximum absolute atomic E-state index is 5.83. The van der Waals surface area contributed by atoms with Gasteiger partial charge in [-0.3, -0.25) is 4.57 Å². The van der Waals surface area contributed by atoms with Gasteiger partial charge in [-0.1, -0.05) is 35.1 Å². The van der Waals surface area contributed by atoms with Gasteiger partial charge in [0.25, 0.3) is 0 Å². The third-order valence-corrected chi connectivity index (χ3v) is 4.90. The maximum Gasteiger partial charge on any atom is 0.237 e. The lowest BCUT2D eigenvalue weighted by molar-refractivity contribution is 0.385. The molecule has 2 heterocycles. The monoisotopic (exact) mass is 342 g/mol. The van der Waals surface area contributed by atoms with Gasteiger partial charge in [0.2, 0.25) is 5.89 Å². The van der Waals surface area contributed by atoms with Gasteiger partial charge in [-0.15, -0.1) is 10.2 Å². The number of aromatic nitrogens is 5. The summed E-state index contributed by atoms with van der Waals surface area (Å²) in [6, 6.07) is 8.11. The quantitative estimate of drug-likeness (QED) is 0.688. The van der Waals surface area contributed by atoms with Crippen molar-refractivity contribution in [3.8, 4) is 5.69 Å². The van der Waals surface area contributed by atoms with Gasteiger partial charge in [-0.05, 0) is 31.4 Å². The topological polar surface area (TPSA) is 95.7 Å². The van der Waals surface area contributed by atoms with E-state index in [1.54, 1.807) is 0 Å². The van der Waals surface area contributed by atoms with Crippen LogP contribution in [0.5, 0.6) is 0 Å². The summed E-state index contributed by atoms with van der Waals surface area (Å²) in [6.07, 6.45) is 2.32. The van der Waals surface area contributed by atoms with Crippen LogP contribution in [0.3, 0.4) is 0 Å². The van der Waals surface area contributed by atoms with Crippen LogP contribution in [0.25, 0.3) is 5.69 Å². The fourth-order valence-corrected chi connectivity index (χ4v) is 3.34. The molecule has 1 aliphatic rings. The summed E-state index contributed by atoms with van der Waals surface area (Å²) in [5.74, 6) is 3.24. The van der Waals surface area contributed by atoms with Crippen molar-refractivity contribution >= 4 is 11.8 Å². The summed E-state index contributed by atoms with van der Waals surface area (Å²) in [5, 5.41) is 13.3. The Balaban J connectivity index is 1.58. The van der Waals surface area contributed by atoms with E-state index >= 15 is 0 Å². The van der Waals surface area contributed by atoms with Crippen LogP contribution in [-0.2, 0) is 12.3 Å². The Kier molecular flexibility index (Phi) is 4.07. The predicted octanol–water partition coefficient (Wildman–Crippen LogP) is 2.59. The van der Waals surface area contributed by atoms with Crippen molar-refractivity contribution in [1.29, 1.82) is 0 Å². The molecule has 1 fully saturated rings. The lowest BCUT2D eigenvalue weighted by atomic mass is 10.2. The molecular formula is C16H18N6OS. The fourth-order valence-electron chi connectivity index (χ4n) is 2.54. The number of benzene rings is 1. The van der Waals surface area contributed by atoms with Gasteiger partial charge in [0.15, 0.2) is 16.8 Å². The van der Waals surface area contributed by atoms with E-state index in [-0.39, 0.29) is 0 Å². The third kappa shape index (κ3) is 2.94. The summed E-state index contributed by atoms with van der Waals surface area (Å²) < 4.78 is 7.32. The Morgan fingerprint density at radius 3 is 2.88 bits per heavy atom. The minimum atomic E-state index is 0.328. The van der Waals surface area contributed by atoms with Crippen LogP contribution in [0.4, 0.5) is 0 Å². The number of nitrogens with two attached hydrogens (primary N) is 1. The molecule has 0 aliphatic heterocycles. The van der Waals surface area contributed by atoms with Crippen LogP contribution in [0, 0.1) is 6.92 Å². The first-order valence-electron chi connectivity index (χ1n) is 7.92. The Morgan fingerprint density at radius 1 is 1.29 bits per heavy atom. The molecule has 0 spiro atoms. The lowest BCUT2D eigenvalue weighted by Gasteiger charge is -2.11. The van der Waals surface area contributed by atoms with Crippen LogP contribution >= 0.6 is 11.8 Å². The van der Waals surface area contributed by atoms with Gasteiger partial charge in [0, 0.05) is 5.92 Å². The Bertz CT molecular complexity index is 854. The molecular weight excluding hydrogens is 324 g/mol. The highest BCUT2D eigenvalue weighted by Crippen LogP contribution is 2.38. The fraction of sp³-hybridized carbons (Fsp3) is 0.375. The number of hydrogen-bond acceptors (Lipinski definition) is 7. The van der Waals surface area contributed by atoms with Gasteiger partial charge < -0.3 is 10.3 Å². The Labute approximate surface area is 143 Å². The number of rotatable bonds is 6. The van der Waals surface area contributed by atoms with E-state index in [1.807, 2.05) is 22.8 Å². The SMILES string of the molecule is Cc1ccccc1-n1c(CN)nnc1SCc1nc(C2CC2)no1. The predicted molar refractivity (Wildman–Crippen MR) is 89.8 cm³/mol. The first kappa shape index (κ1) is 15.3. The molecule has 0 amide bonds. The van der Waals surface area contributed by atoms with Crippen molar-refractivity contribution in [1.82, 2.24) is 24.9 Å². The zero-order valence-electron chi connectivity index (χ0n) is 13.3. The average Bonchev–Trinajstić information content (AvgIpc) is 3.20. The number of para-hydroxylation sites is 1. The third-order valence-electron chi connectivity index (χ3n) is 3.99. The van der Waals surface area contributed by atoms with Gasteiger partial charge in [-0.2, -0.15) is 4.98 Å². The van der Waals surface area contributed by atoms with Crippen LogP contribution in [-0.4, -0.2) is 24.9 Å². The standard InChI is InChI=1S/C16H18N6OS/c1-10-4-2-3-5-12(10)22-13(8-17)19-20-16(22)24-9-14-18-15(21-23-14)11-6-7-11/h2-5,11H,6-9,17H2,1H3. The molecule has 24 heavy (non-hydrogen) atoms. The molecule has 8 heteroatoms. The number of hydrogen-bond donors (Lipinski definition) is 1. The second-order valence-corrected chi connectivity index (χ2v) is 6.78. The Morgan fingerprint density at radius 2 is 2.12 bits per heavy atom. The largest absolute Gasteiger partial charge is 0.338 e. The molecule has 7 nitrogen and oxygen atoms in total. The van der Waals surface area contributed by atoms with E-state index in [2.05, 4.69) is 33.3 Å². The number of thioether (sulfide) groups is 1. The molecule has 2 aromatic heterocycles. The van der Waals surface area contributed by atoms with Crippen molar-refractivity contribution in [2.75, 3.05) is 0 Å². The lowest BCUT2D eigenvalue weighted by Crippen LogP contribution is -2.08. The van der Waals surface area contributed by atoms with E-state index in [4.69, 9.17) is 10.3 Å². The van der Waals surface area contributed by atoms with Gasteiger partial charge in [0.05, 0.1) is 18.0 Å². The van der Waals surface area contributed by atoms with E-state index < -0.39 is 0 Å². The molecule has 0 radical (unpaired) electrons. The van der Waals surface area contributed by atoms with E-state index in [9.17, 15) is 0 Å². The van der Waals surface area contributed by atoms with Crippen molar-refractivity contribution in [2.24, 2.45) is 5.73 Å². The summed E-state index contributed by atoms with van der Waals surface area (Å²) in [7, 11) is 0. The highest BCUT2D eigenvalue weighted by Gasteiger charge is 2.28. The van der Waals surface area contributed by atoms with Gasteiger partial charge in [0.1, 0.15) is 0 Å². The molecule has 0 bridgehead atoms. The molecule has 0 unspecified atom stereocenters. The van der Waals surface area contributed by atoms with E-state index in [0.717, 1.165) is 40.9 Å². The van der Waals surface area contributed by atoms with Gasteiger partial charge in [-0.25, -0.2) is 0 Å². The zero-order chi connectivity index (χ0) is 16.5. The summed E-state index contributed by atoms with van der Waals surface area (Å²) in [6.45, 7) is 2.39. The van der Waals surface area contributed by atoms with Crippen molar-refractivity contribution in [3.05, 3.63) is 47.4 Å². The molecule has 0 saturated heterocycles. The molecule has 2 N–H and O–H groups in total. The van der Waals surface area contributed by atoms with Crippen LogP contribution in [0.2, 0.25) is 0 Å². The molecule has 124 valence electrons. The highest BCUT2D eigenvalue weighted by atomic mass is 32.2. The number of aryl methyl sites for hydroxylation is 1. The zero-order valence-corrected chi connectivity index (χ0v) is 14.2. The average molecular weight is 342 g/mol. The number of nitrogens with zero attached hydrogens (tertiary/aromatic N) is 5. The van der Waals surface area contributed by atoms with Crippen molar-refractivity contribution in [2.45, 2.75) is 43.1 Å². The first-order chi connectivity index (χ1) is 11.8. The van der Waals surface area contributed by atoms with Crippen LogP contribution < -0.4 is 5.73 Å². The molecule has 0 atom stereocenters.